The Kier molecular flexibility index (Phi) is 8.62. The first kappa shape index (κ1) is 23.7. The van der Waals surface area contributed by atoms with Crippen molar-refractivity contribution in [3.63, 3.8) is 0 Å². The molecule has 2 aromatic rings. The second-order valence-electron chi connectivity index (χ2n) is 7.90. The molecule has 1 saturated heterocycles. The minimum absolute atomic E-state index is 0.0118. The molecule has 0 spiro atoms. The first-order valence-electron chi connectivity index (χ1n) is 11.0. The van der Waals surface area contributed by atoms with Gasteiger partial charge < -0.3 is 24.3 Å². The summed E-state index contributed by atoms with van der Waals surface area (Å²) in [6.07, 6.45) is 4.50. The molecule has 1 aliphatic rings. The number of nitrogens with zero attached hydrogens (tertiary/aromatic N) is 1. The highest BCUT2D eigenvalue weighted by molar-refractivity contribution is 5.78. The maximum absolute atomic E-state index is 12.9. The van der Waals surface area contributed by atoms with Gasteiger partial charge in [-0.15, -0.1) is 0 Å². The predicted octanol–water partition coefficient (Wildman–Crippen LogP) is 3.95. The number of methoxy groups -OCH3 is 4. The Bertz CT molecular complexity index is 885. The molecule has 2 aromatic carbocycles. The molecule has 174 valence electrons. The van der Waals surface area contributed by atoms with E-state index in [-0.39, 0.29) is 11.9 Å². The van der Waals surface area contributed by atoms with E-state index in [1.807, 2.05) is 18.2 Å². The summed E-state index contributed by atoms with van der Waals surface area (Å²) in [7, 11) is 6.44. The van der Waals surface area contributed by atoms with E-state index in [1.54, 1.807) is 34.5 Å². The van der Waals surface area contributed by atoms with E-state index >= 15 is 0 Å². The third-order valence-corrected chi connectivity index (χ3v) is 5.97. The fraction of sp³-hybridized carbons (Fsp3) is 0.480. The summed E-state index contributed by atoms with van der Waals surface area (Å²) in [6, 6.07) is 12.0. The van der Waals surface area contributed by atoms with Gasteiger partial charge in [0.15, 0.2) is 11.5 Å². The summed E-state index contributed by atoms with van der Waals surface area (Å²) in [5.41, 5.74) is 2.06. The Morgan fingerprint density at radius 2 is 1.59 bits per heavy atom. The first-order valence-corrected chi connectivity index (χ1v) is 11.0. The zero-order valence-electron chi connectivity index (χ0n) is 19.5. The van der Waals surface area contributed by atoms with Gasteiger partial charge in [-0.25, -0.2) is 0 Å². The van der Waals surface area contributed by atoms with Crippen LogP contribution in [0, 0.1) is 0 Å². The third-order valence-electron chi connectivity index (χ3n) is 5.97. The number of likely N-dealkylation sites (tertiary alicyclic amines) is 1. The minimum atomic E-state index is -0.0118. The van der Waals surface area contributed by atoms with Crippen molar-refractivity contribution in [3.05, 3.63) is 47.5 Å². The lowest BCUT2D eigenvalue weighted by molar-refractivity contribution is -0.123. The molecule has 7 heteroatoms. The smallest absolute Gasteiger partial charge is 0.234 e. The molecule has 0 bridgehead atoms. The van der Waals surface area contributed by atoms with Gasteiger partial charge in [0.2, 0.25) is 5.91 Å². The quantitative estimate of drug-likeness (QED) is 0.634. The van der Waals surface area contributed by atoms with E-state index in [2.05, 4.69) is 22.3 Å². The highest BCUT2D eigenvalue weighted by Crippen LogP contribution is 2.35. The molecule has 1 fully saturated rings. The lowest BCUT2D eigenvalue weighted by Crippen LogP contribution is -2.39. The van der Waals surface area contributed by atoms with E-state index in [0.717, 1.165) is 37.1 Å². The lowest BCUT2D eigenvalue weighted by Gasteiger charge is -2.30. The zero-order valence-corrected chi connectivity index (χ0v) is 19.5. The topological polar surface area (TPSA) is 69.3 Å². The number of hydrogen-bond acceptors (Lipinski definition) is 6. The number of carbonyl (C=O) groups is 1. The van der Waals surface area contributed by atoms with Crippen molar-refractivity contribution in [1.29, 1.82) is 0 Å². The summed E-state index contributed by atoms with van der Waals surface area (Å²) >= 11 is 0. The van der Waals surface area contributed by atoms with Gasteiger partial charge >= 0.3 is 0 Å². The van der Waals surface area contributed by atoms with Crippen molar-refractivity contribution >= 4 is 5.91 Å². The van der Waals surface area contributed by atoms with Crippen LogP contribution in [0.2, 0.25) is 0 Å². The Morgan fingerprint density at radius 1 is 0.906 bits per heavy atom. The van der Waals surface area contributed by atoms with Crippen LogP contribution in [-0.4, -0.2) is 52.3 Å². The molecule has 0 radical (unpaired) electrons. The number of ether oxygens (including phenoxy) is 4. The number of amides is 1. The van der Waals surface area contributed by atoms with Gasteiger partial charge in [-0.1, -0.05) is 25.0 Å². The van der Waals surface area contributed by atoms with Gasteiger partial charge in [0.1, 0.15) is 11.5 Å². The molecule has 0 aromatic heterocycles. The molecule has 1 amide bonds. The van der Waals surface area contributed by atoms with Crippen LogP contribution in [0.4, 0.5) is 0 Å². The van der Waals surface area contributed by atoms with E-state index in [4.69, 9.17) is 18.9 Å². The fourth-order valence-electron chi connectivity index (χ4n) is 4.23. The van der Waals surface area contributed by atoms with E-state index in [9.17, 15) is 4.79 Å². The zero-order chi connectivity index (χ0) is 22.9. The van der Waals surface area contributed by atoms with Crippen LogP contribution in [0.15, 0.2) is 36.4 Å². The number of nitrogens with one attached hydrogen (secondary N) is 1. The normalized spacial score (nSPS) is 16.7. The van der Waals surface area contributed by atoms with E-state index in [0.29, 0.717) is 30.3 Å². The molecule has 32 heavy (non-hydrogen) atoms. The maximum atomic E-state index is 12.9. The van der Waals surface area contributed by atoms with Crippen molar-refractivity contribution in [1.82, 2.24) is 10.2 Å². The van der Waals surface area contributed by atoms with Crippen LogP contribution in [0.5, 0.6) is 23.0 Å². The highest BCUT2D eigenvalue weighted by Gasteiger charge is 2.24. The number of rotatable bonds is 9. The maximum Gasteiger partial charge on any atom is 0.234 e. The van der Waals surface area contributed by atoms with Crippen LogP contribution in [0.3, 0.4) is 0 Å². The van der Waals surface area contributed by atoms with Crippen molar-refractivity contribution in [2.45, 2.75) is 38.3 Å². The van der Waals surface area contributed by atoms with Gasteiger partial charge in [0, 0.05) is 24.2 Å². The van der Waals surface area contributed by atoms with Crippen LogP contribution < -0.4 is 24.3 Å². The van der Waals surface area contributed by atoms with Crippen molar-refractivity contribution in [3.8, 4) is 23.0 Å². The van der Waals surface area contributed by atoms with Crippen molar-refractivity contribution in [2.75, 3.05) is 41.5 Å². The molecule has 7 nitrogen and oxygen atoms in total. The van der Waals surface area contributed by atoms with E-state index < -0.39 is 0 Å². The molecule has 0 aliphatic carbocycles. The number of benzene rings is 2. The molecule has 0 saturated carbocycles. The highest BCUT2D eigenvalue weighted by atomic mass is 16.5. The minimum Gasteiger partial charge on any atom is -0.497 e. The van der Waals surface area contributed by atoms with E-state index in [1.165, 1.54) is 12.0 Å². The molecular weight excluding hydrogens is 408 g/mol. The number of hydrogen-bond donors (Lipinski definition) is 1. The van der Waals surface area contributed by atoms with Gasteiger partial charge in [-0.05, 0) is 43.1 Å². The van der Waals surface area contributed by atoms with Gasteiger partial charge in [0.05, 0.1) is 35.0 Å². The second kappa shape index (κ2) is 11.6. The Balaban J connectivity index is 1.68. The molecule has 1 aliphatic heterocycles. The molecule has 1 heterocycles. The Labute approximate surface area is 190 Å². The number of carbonyl (C=O) groups excluding carboxylic acids is 1. The Hall–Kier alpha value is -2.93. The SMILES string of the molecule is COc1ccc(C2CCCCCN2CC(=O)NCc2cc(OC)c(OC)cc2OC)cc1. The van der Waals surface area contributed by atoms with Gasteiger partial charge in [-0.3, -0.25) is 9.69 Å². The summed E-state index contributed by atoms with van der Waals surface area (Å²) < 4.78 is 21.5. The lowest BCUT2D eigenvalue weighted by atomic mass is 10.0. The van der Waals surface area contributed by atoms with Gasteiger partial charge in [0.25, 0.3) is 0 Å². The monoisotopic (exact) mass is 442 g/mol. The fourth-order valence-corrected chi connectivity index (χ4v) is 4.23. The van der Waals surface area contributed by atoms with Crippen LogP contribution in [0.1, 0.15) is 42.9 Å². The third kappa shape index (κ3) is 5.85. The first-order chi connectivity index (χ1) is 15.6. The molecule has 3 rings (SSSR count). The van der Waals surface area contributed by atoms with Gasteiger partial charge in [-0.2, -0.15) is 0 Å². The van der Waals surface area contributed by atoms with Crippen LogP contribution in [-0.2, 0) is 11.3 Å². The predicted molar refractivity (Wildman–Crippen MR) is 124 cm³/mol. The summed E-state index contributed by atoms with van der Waals surface area (Å²) in [6.45, 7) is 1.61. The van der Waals surface area contributed by atoms with Crippen molar-refractivity contribution < 1.29 is 23.7 Å². The van der Waals surface area contributed by atoms with Crippen LogP contribution in [0.25, 0.3) is 0 Å². The second-order valence-corrected chi connectivity index (χ2v) is 7.90. The van der Waals surface area contributed by atoms with Crippen LogP contribution >= 0.6 is 0 Å². The average molecular weight is 443 g/mol. The average Bonchev–Trinajstić information content (AvgIpc) is 3.07. The molecular formula is C25H34N2O5. The Morgan fingerprint density at radius 3 is 2.25 bits per heavy atom. The summed E-state index contributed by atoms with van der Waals surface area (Å²) in [5, 5.41) is 3.04. The molecule has 1 atom stereocenters. The van der Waals surface area contributed by atoms with Crippen molar-refractivity contribution in [2.24, 2.45) is 0 Å². The molecule has 1 N–H and O–H groups in total. The summed E-state index contributed by atoms with van der Waals surface area (Å²) in [4.78, 5) is 15.2. The standard InChI is InChI=1S/C25H34N2O5/c1-29-20-11-9-18(10-12-20)21-8-6-5-7-13-27(21)17-25(28)26-16-19-14-23(31-3)24(32-4)15-22(19)30-2/h9-12,14-15,21H,5-8,13,16-17H2,1-4H3,(H,26,28). The molecule has 1 unspecified atom stereocenters. The largest absolute Gasteiger partial charge is 0.497 e. The summed E-state index contributed by atoms with van der Waals surface area (Å²) in [5.74, 6) is 2.67.